The van der Waals surface area contributed by atoms with E-state index in [0.717, 1.165) is 27.7 Å². The number of phenolic OH excluding ortho intramolecular Hbond substituents is 1. The number of benzene rings is 4. The number of aromatic nitrogens is 2. The number of carbonyl (C=O) groups excluding carboxylic acids is 2. The summed E-state index contributed by atoms with van der Waals surface area (Å²) in [4.78, 5) is 30.4. The van der Waals surface area contributed by atoms with Crippen LogP contribution >= 0.6 is 11.6 Å². The van der Waals surface area contributed by atoms with Gasteiger partial charge in [-0.1, -0.05) is 43.3 Å². The molecule has 0 aliphatic heterocycles. The zero-order chi connectivity index (χ0) is 34.5. The summed E-state index contributed by atoms with van der Waals surface area (Å²) in [6.07, 6.45) is 3.17. The van der Waals surface area contributed by atoms with Gasteiger partial charge in [0.25, 0.3) is 5.35 Å². The summed E-state index contributed by atoms with van der Waals surface area (Å²) in [5.41, 5.74) is 4.95. The Labute approximate surface area is 283 Å². The summed E-state index contributed by atoms with van der Waals surface area (Å²) < 4.78 is 26.6. The number of aryl methyl sites for hydroxylation is 2. The maximum atomic E-state index is 11.1. The van der Waals surface area contributed by atoms with Crippen LogP contribution in [0, 0.1) is 0 Å². The highest BCUT2D eigenvalue weighted by molar-refractivity contribution is 6.28. The summed E-state index contributed by atoms with van der Waals surface area (Å²) in [6.45, 7) is 3.45. The highest BCUT2D eigenvalue weighted by Crippen LogP contribution is 2.33. The van der Waals surface area contributed by atoms with Crippen LogP contribution in [0.3, 0.4) is 0 Å². The van der Waals surface area contributed by atoms with E-state index in [1.54, 1.807) is 38.3 Å². The minimum absolute atomic E-state index is 0.128. The quantitative estimate of drug-likeness (QED) is 0.142. The molecule has 48 heavy (non-hydrogen) atoms. The number of halogens is 1. The smallest absolute Gasteiger partial charge is 0.400 e. The lowest BCUT2D eigenvalue weighted by Gasteiger charge is -2.09. The van der Waals surface area contributed by atoms with E-state index >= 15 is 0 Å². The number of Topliss-reactive ketones (excluding diaryl/α,β-unsaturated/α-hetero) is 2. The molecule has 0 spiro atoms. The van der Waals surface area contributed by atoms with Crippen LogP contribution in [0.15, 0.2) is 93.8 Å². The average Bonchev–Trinajstić information content (AvgIpc) is 3.69. The fraction of sp³-hybridized carbons (Fsp3) is 0.243. The molecule has 6 rings (SSSR count). The Morgan fingerprint density at radius 3 is 1.94 bits per heavy atom. The van der Waals surface area contributed by atoms with E-state index in [1.807, 2.05) is 67.6 Å². The number of ether oxygens (including phenoxy) is 3. The van der Waals surface area contributed by atoms with Crippen LogP contribution < -0.4 is 14.2 Å². The SMILES string of the molecule is CCC(=O)CCc1ccc(O)c(OC)c1.COc1cc(CCC(C)=O)ccc1Oc1nc2ccccc2o1.Clc1nc2ccccc2o1. The standard InChI is InChI=1S/C18H17NO4.C12H16O3.C7H4ClNO/c1-12(20)7-8-13-9-10-16(17(11-13)21-2)23-18-19-14-5-3-4-6-15(14)22-18;1-3-10(13)6-4-9-5-7-11(14)12(8-9)15-2;8-7-9-5-3-1-2-4-6(5)10-7/h3-6,9-11H,7-8H2,1-2H3;5,7-8,14H,3-4,6H2,1-2H3;1-4H. The minimum Gasteiger partial charge on any atom is -0.504 e. The third-order valence-corrected chi connectivity index (χ3v) is 7.23. The molecule has 0 saturated heterocycles. The molecular formula is C37H37ClN2O8. The second-order valence-corrected chi connectivity index (χ2v) is 10.9. The molecule has 0 fully saturated rings. The first-order valence-corrected chi connectivity index (χ1v) is 15.6. The molecule has 10 nitrogen and oxygen atoms in total. The molecule has 0 amide bonds. The topological polar surface area (TPSA) is 134 Å². The van der Waals surface area contributed by atoms with Crippen molar-refractivity contribution in [2.45, 2.75) is 46.0 Å². The third-order valence-electron chi connectivity index (χ3n) is 7.06. The highest BCUT2D eigenvalue weighted by Gasteiger charge is 2.12. The molecule has 0 radical (unpaired) electrons. The maximum absolute atomic E-state index is 11.1. The van der Waals surface area contributed by atoms with Gasteiger partial charge in [0.2, 0.25) is 0 Å². The van der Waals surface area contributed by atoms with Gasteiger partial charge in [-0.15, -0.1) is 0 Å². The number of hydrogen-bond donors (Lipinski definition) is 1. The van der Waals surface area contributed by atoms with Crippen molar-refractivity contribution < 1.29 is 37.7 Å². The summed E-state index contributed by atoms with van der Waals surface area (Å²) in [5.74, 6) is 2.09. The number of phenols is 1. The van der Waals surface area contributed by atoms with E-state index in [1.165, 1.54) is 7.11 Å². The maximum Gasteiger partial charge on any atom is 0.400 e. The first kappa shape index (κ1) is 35.5. The number of fused-ring (bicyclic) bond motifs is 2. The van der Waals surface area contributed by atoms with Crippen molar-refractivity contribution in [2.24, 2.45) is 0 Å². The van der Waals surface area contributed by atoms with E-state index in [2.05, 4.69) is 9.97 Å². The van der Waals surface area contributed by atoms with Gasteiger partial charge in [0, 0.05) is 19.3 Å². The van der Waals surface area contributed by atoms with Gasteiger partial charge in [0.1, 0.15) is 22.6 Å². The molecule has 0 unspecified atom stereocenters. The first-order valence-electron chi connectivity index (χ1n) is 15.3. The molecule has 6 aromatic rings. The Bertz CT molecular complexity index is 1900. The lowest BCUT2D eigenvalue weighted by atomic mass is 10.1. The third kappa shape index (κ3) is 10.3. The van der Waals surface area contributed by atoms with Crippen LogP contribution in [0.4, 0.5) is 0 Å². The van der Waals surface area contributed by atoms with Gasteiger partial charge in [0.05, 0.1) is 14.2 Å². The molecule has 1 N–H and O–H groups in total. The first-order chi connectivity index (χ1) is 23.2. The molecule has 11 heteroatoms. The molecule has 0 aliphatic carbocycles. The van der Waals surface area contributed by atoms with E-state index in [9.17, 15) is 14.7 Å². The van der Waals surface area contributed by atoms with Gasteiger partial charge in [-0.3, -0.25) is 4.79 Å². The molecule has 0 aliphatic rings. The molecule has 0 atom stereocenters. The van der Waals surface area contributed by atoms with E-state index in [-0.39, 0.29) is 28.7 Å². The predicted molar refractivity (Wildman–Crippen MR) is 183 cm³/mol. The number of nitrogens with zero attached hydrogens (tertiary/aromatic N) is 2. The lowest BCUT2D eigenvalue weighted by Crippen LogP contribution is -1.98. The Balaban J connectivity index is 0.000000178. The van der Waals surface area contributed by atoms with E-state index in [0.29, 0.717) is 54.9 Å². The molecule has 0 bridgehead atoms. The Morgan fingerprint density at radius 1 is 0.750 bits per heavy atom. The molecule has 250 valence electrons. The van der Waals surface area contributed by atoms with Gasteiger partial charge in [-0.05, 0) is 91.0 Å². The highest BCUT2D eigenvalue weighted by atomic mass is 35.5. The zero-order valence-corrected chi connectivity index (χ0v) is 28.0. The number of para-hydroxylation sites is 4. The number of carbonyl (C=O) groups is 2. The Kier molecular flexibility index (Phi) is 13.0. The number of aromatic hydroxyl groups is 1. The largest absolute Gasteiger partial charge is 0.504 e. The number of oxazole rings is 2. The van der Waals surface area contributed by atoms with Crippen molar-refractivity contribution in [1.82, 2.24) is 9.97 Å². The van der Waals surface area contributed by atoms with Crippen molar-refractivity contribution in [1.29, 1.82) is 0 Å². The molecule has 0 saturated carbocycles. The van der Waals surface area contributed by atoms with E-state index < -0.39 is 0 Å². The fourth-order valence-electron chi connectivity index (χ4n) is 4.44. The fourth-order valence-corrected chi connectivity index (χ4v) is 4.62. The van der Waals surface area contributed by atoms with Crippen LogP contribution in [-0.2, 0) is 22.4 Å². The molecule has 2 aromatic heterocycles. The van der Waals surface area contributed by atoms with Crippen molar-refractivity contribution in [3.63, 3.8) is 0 Å². The number of ketones is 2. The molecule has 4 aromatic carbocycles. The summed E-state index contributed by atoms with van der Waals surface area (Å²) >= 11 is 5.51. The van der Waals surface area contributed by atoms with Crippen molar-refractivity contribution in [2.75, 3.05) is 14.2 Å². The van der Waals surface area contributed by atoms with Crippen molar-refractivity contribution >= 4 is 45.4 Å². The number of methoxy groups -OCH3 is 2. The van der Waals surface area contributed by atoms with Gasteiger partial charge in [-0.2, -0.15) is 9.97 Å². The van der Waals surface area contributed by atoms with Crippen LogP contribution in [-0.4, -0.2) is 40.9 Å². The van der Waals surface area contributed by atoms with Gasteiger partial charge in [-0.25, -0.2) is 0 Å². The normalized spacial score (nSPS) is 10.4. The summed E-state index contributed by atoms with van der Waals surface area (Å²) in [5, 5.41) is 9.56. The van der Waals surface area contributed by atoms with Crippen molar-refractivity contribution in [3.8, 4) is 29.1 Å². The Morgan fingerprint density at radius 2 is 1.33 bits per heavy atom. The van der Waals surface area contributed by atoms with Gasteiger partial charge < -0.3 is 32.9 Å². The van der Waals surface area contributed by atoms with E-state index in [4.69, 9.17) is 34.6 Å². The number of hydrogen-bond acceptors (Lipinski definition) is 10. The van der Waals surface area contributed by atoms with Crippen molar-refractivity contribution in [3.05, 3.63) is 101 Å². The average molecular weight is 673 g/mol. The Hall–Kier alpha value is -5.35. The van der Waals surface area contributed by atoms with Gasteiger partial charge in [0.15, 0.2) is 34.2 Å². The molecule has 2 heterocycles. The molecular weight excluding hydrogens is 636 g/mol. The minimum atomic E-state index is 0.128. The lowest BCUT2D eigenvalue weighted by molar-refractivity contribution is -0.119. The predicted octanol–water partition coefficient (Wildman–Crippen LogP) is 8.94. The van der Waals surface area contributed by atoms with Crippen LogP contribution in [0.1, 0.15) is 44.2 Å². The van der Waals surface area contributed by atoms with Crippen LogP contribution in [0.25, 0.3) is 22.2 Å². The second kappa shape index (κ2) is 17.5. The van der Waals surface area contributed by atoms with Crippen LogP contribution in [0.5, 0.6) is 29.1 Å². The summed E-state index contributed by atoms with van der Waals surface area (Å²) in [6, 6.07) is 25.6. The zero-order valence-electron chi connectivity index (χ0n) is 27.2. The number of rotatable bonds is 11. The van der Waals surface area contributed by atoms with Crippen LogP contribution in [0.2, 0.25) is 5.35 Å². The summed E-state index contributed by atoms with van der Waals surface area (Å²) in [7, 11) is 3.08. The second-order valence-electron chi connectivity index (χ2n) is 10.6. The monoisotopic (exact) mass is 672 g/mol. The van der Waals surface area contributed by atoms with Gasteiger partial charge >= 0.3 is 6.08 Å².